The van der Waals surface area contributed by atoms with Crippen molar-refractivity contribution in [1.29, 1.82) is 0 Å². The van der Waals surface area contributed by atoms with E-state index < -0.39 is 15.4 Å². The standard InChI is InChI=1S/C10H12N2O4S/c1-6(13)9-11-8-3-5-17(15,16)4-2-7(8)10(14)12-9/h2-5H2,1H3,(H,11,12,14). The van der Waals surface area contributed by atoms with Crippen LogP contribution in [-0.2, 0) is 22.7 Å². The van der Waals surface area contributed by atoms with Crippen molar-refractivity contribution < 1.29 is 13.2 Å². The molecule has 17 heavy (non-hydrogen) atoms. The SMILES string of the molecule is CC(=O)c1nc2c(c(=O)[nH]1)CCS(=O)(=O)CC2. The molecule has 0 saturated heterocycles. The molecule has 6 nitrogen and oxygen atoms in total. The summed E-state index contributed by atoms with van der Waals surface area (Å²) in [6.45, 7) is 1.30. The summed E-state index contributed by atoms with van der Waals surface area (Å²) in [7, 11) is -3.11. The maximum Gasteiger partial charge on any atom is 0.254 e. The summed E-state index contributed by atoms with van der Waals surface area (Å²) >= 11 is 0. The van der Waals surface area contributed by atoms with Gasteiger partial charge < -0.3 is 4.98 Å². The Hall–Kier alpha value is -1.50. The first kappa shape index (κ1) is 12.0. The molecule has 0 amide bonds. The van der Waals surface area contributed by atoms with E-state index in [0.717, 1.165) is 0 Å². The lowest BCUT2D eigenvalue weighted by atomic mass is 10.1. The second-order valence-corrected chi connectivity index (χ2v) is 6.35. The number of carbonyl (C=O) groups is 1. The normalized spacial score (nSPS) is 18.2. The number of aromatic nitrogens is 2. The molecular formula is C10H12N2O4S. The van der Waals surface area contributed by atoms with Gasteiger partial charge in [0.05, 0.1) is 17.2 Å². The van der Waals surface area contributed by atoms with Crippen LogP contribution in [0, 0.1) is 0 Å². The quantitative estimate of drug-likeness (QED) is 0.682. The molecule has 1 aromatic rings. The van der Waals surface area contributed by atoms with Crippen molar-refractivity contribution in [1.82, 2.24) is 9.97 Å². The van der Waals surface area contributed by atoms with Gasteiger partial charge in [-0.15, -0.1) is 0 Å². The lowest BCUT2D eigenvalue weighted by Crippen LogP contribution is -2.22. The van der Waals surface area contributed by atoms with Crippen LogP contribution in [-0.4, -0.2) is 35.7 Å². The summed E-state index contributed by atoms with van der Waals surface area (Å²) in [5.41, 5.74) is 0.411. The van der Waals surface area contributed by atoms with E-state index in [4.69, 9.17) is 0 Å². The van der Waals surface area contributed by atoms with E-state index >= 15 is 0 Å². The van der Waals surface area contributed by atoms with Crippen LogP contribution in [0.2, 0.25) is 0 Å². The molecule has 0 aromatic carbocycles. The largest absolute Gasteiger partial charge is 0.304 e. The predicted octanol–water partition coefficient (Wildman–Crippen LogP) is -0.514. The molecule has 0 spiro atoms. The highest BCUT2D eigenvalue weighted by Crippen LogP contribution is 2.11. The molecule has 0 aliphatic carbocycles. The van der Waals surface area contributed by atoms with Crippen LogP contribution >= 0.6 is 0 Å². The van der Waals surface area contributed by atoms with Crippen molar-refractivity contribution >= 4 is 15.6 Å². The average molecular weight is 256 g/mol. The van der Waals surface area contributed by atoms with Crippen molar-refractivity contribution in [2.45, 2.75) is 19.8 Å². The molecule has 0 atom stereocenters. The second-order valence-electron chi connectivity index (χ2n) is 4.05. The van der Waals surface area contributed by atoms with E-state index in [1.54, 1.807) is 0 Å². The minimum atomic E-state index is -3.11. The minimum Gasteiger partial charge on any atom is -0.304 e. The lowest BCUT2D eigenvalue weighted by Gasteiger charge is -2.04. The van der Waals surface area contributed by atoms with Gasteiger partial charge >= 0.3 is 0 Å². The van der Waals surface area contributed by atoms with Gasteiger partial charge in [0.15, 0.2) is 21.4 Å². The highest BCUT2D eigenvalue weighted by atomic mass is 32.2. The number of hydrogen-bond acceptors (Lipinski definition) is 5. The topological polar surface area (TPSA) is 97.0 Å². The molecule has 92 valence electrons. The van der Waals surface area contributed by atoms with Crippen molar-refractivity contribution in [3.8, 4) is 0 Å². The molecule has 0 radical (unpaired) electrons. The first-order valence-corrected chi connectivity index (χ1v) is 7.04. The van der Waals surface area contributed by atoms with Gasteiger partial charge in [-0.25, -0.2) is 13.4 Å². The van der Waals surface area contributed by atoms with Gasteiger partial charge in [0, 0.05) is 18.9 Å². The molecule has 1 aromatic heterocycles. The molecule has 0 unspecified atom stereocenters. The molecular weight excluding hydrogens is 244 g/mol. The van der Waals surface area contributed by atoms with Crippen molar-refractivity contribution in [2.75, 3.05) is 11.5 Å². The highest BCUT2D eigenvalue weighted by Gasteiger charge is 2.22. The number of hydrogen-bond donors (Lipinski definition) is 1. The Bertz CT molecular complexity index is 630. The fourth-order valence-corrected chi connectivity index (χ4v) is 3.01. The van der Waals surface area contributed by atoms with Crippen LogP contribution in [0.15, 0.2) is 4.79 Å². The van der Waals surface area contributed by atoms with Crippen LogP contribution in [0.1, 0.15) is 28.8 Å². The Kier molecular flexibility index (Phi) is 2.86. The molecule has 1 aliphatic rings. The van der Waals surface area contributed by atoms with Gasteiger partial charge in [-0.3, -0.25) is 9.59 Å². The number of aryl methyl sites for hydroxylation is 1. The number of H-pyrrole nitrogens is 1. The zero-order chi connectivity index (χ0) is 12.6. The number of fused-ring (bicyclic) bond motifs is 1. The summed E-state index contributed by atoms with van der Waals surface area (Å²) < 4.78 is 22.9. The van der Waals surface area contributed by atoms with E-state index in [1.807, 2.05) is 0 Å². The number of Topliss-reactive ketones (excluding diaryl/α,β-unsaturated/α-hetero) is 1. The summed E-state index contributed by atoms with van der Waals surface area (Å²) in [6.07, 6.45) is 0.361. The van der Waals surface area contributed by atoms with Crippen LogP contribution in [0.4, 0.5) is 0 Å². The number of ketones is 1. The number of nitrogens with one attached hydrogen (secondary N) is 1. The van der Waals surface area contributed by atoms with Crippen molar-refractivity contribution in [3.63, 3.8) is 0 Å². The van der Waals surface area contributed by atoms with Crippen LogP contribution < -0.4 is 5.56 Å². The Morgan fingerprint density at radius 1 is 1.29 bits per heavy atom. The number of nitrogens with zero attached hydrogens (tertiary/aromatic N) is 1. The molecule has 2 heterocycles. The maximum atomic E-state index is 11.7. The molecule has 2 rings (SSSR count). The summed E-state index contributed by atoms with van der Waals surface area (Å²) in [6, 6.07) is 0. The van der Waals surface area contributed by atoms with Crippen LogP contribution in [0.25, 0.3) is 0 Å². The number of aromatic amines is 1. The Labute approximate surface area is 98.0 Å². The summed E-state index contributed by atoms with van der Waals surface area (Å²) in [5, 5.41) is 0. The zero-order valence-electron chi connectivity index (χ0n) is 9.32. The molecule has 1 aliphatic heterocycles. The van der Waals surface area contributed by atoms with E-state index in [1.165, 1.54) is 6.92 Å². The lowest BCUT2D eigenvalue weighted by molar-refractivity contribution is 0.100. The van der Waals surface area contributed by atoms with Crippen molar-refractivity contribution in [3.05, 3.63) is 27.4 Å². The number of sulfone groups is 1. The predicted molar refractivity (Wildman–Crippen MR) is 60.9 cm³/mol. The van der Waals surface area contributed by atoms with Crippen LogP contribution in [0.3, 0.4) is 0 Å². The third-order valence-electron chi connectivity index (χ3n) is 2.75. The average Bonchev–Trinajstić information content (AvgIpc) is 2.38. The number of rotatable bonds is 1. The Morgan fingerprint density at radius 2 is 1.94 bits per heavy atom. The van der Waals surface area contributed by atoms with E-state index in [0.29, 0.717) is 11.3 Å². The van der Waals surface area contributed by atoms with Gasteiger partial charge in [-0.1, -0.05) is 0 Å². The fourth-order valence-electron chi connectivity index (χ4n) is 1.79. The maximum absolute atomic E-state index is 11.7. The number of carbonyl (C=O) groups excluding carboxylic acids is 1. The third-order valence-corrected chi connectivity index (χ3v) is 4.40. The molecule has 0 bridgehead atoms. The third kappa shape index (κ3) is 2.44. The molecule has 7 heteroatoms. The Balaban J connectivity index is 2.54. The van der Waals surface area contributed by atoms with Crippen LogP contribution in [0.5, 0.6) is 0 Å². The second kappa shape index (κ2) is 4.06. The fraction of sp³-hybridized carbons (Fsp3) is 0.500. The van der Waals surface area contributed by atoms with Gasteiger partial charge in [0.2, 0.25) is 0 Å². The van der Waals surface area contributed by atoms with Gasteiger partial charge in [-0.05, 0) is 6.42 Å². The first-order valence-electron chi connectivity index (χ1n) is 5.22. The van der Waals surface area contributed by atoms with Gasteiger partial charge in [0.25, 0.3) is 5.56 Å². The first-order chi connectivity index (χ1) is 7.89. The highest BCUT2D eigenvalue weighted by molar-refractivity contribution is 7.91. The minimum absolute atomic E-state index is 0.00644. The van der Waals surface area contributed by atoms with E-state index in [2.05, 4.69) is 9.97 Å². The van der Waals surface area contributed by atoms with Crippen molar-refractivity contribution in [2.24, 2.45) is 0 Å². The molecule has 1 N–H and O–H groups in total. The smallest absolute Gasteiger partial charge is 0.254 e. The summed E-state index contributed by atoms with van der Waals surface area (Å²) in [5.74, 6) is -0.400. The van der Waals surface area contributed by atoms with Gasteiger partial charge in [0.1, 0.15) is 0 Å². The molecule has 0 fully saturated rings. The summed E-state index contributed by atoms with van der Waals surface area (Å²) in [4.78, 5) is 29.3. The monoisotopic (exact) mass is 256 g/mol. The zero-order valence-corrected chi connectivity index (χ0v) is 10.1. The Morgan fingerprint density at radius 3 is 2.59 bits per heavy atom. The van der Waals surface area contributed by atoms with E-state index in [-0.39, 0.29) is 36.0 Å². The van der Waals surface area contributed by atoms with Gasteiger partial charge in [-0.2, -0.15) is 0 Å². The molecule has 0 saturated carbocycles. The van der Waals surface area contributed by atoms with E-state index in [9.17, 15) is 18.0 Å².